The van der Waals surface area contributed by atoms with Crippen molar-refractivity contribution < 1.29 is 9.53 Å². The van der Waals surface area contributed by atoms with Crippen molar-refractivity contribution in [2.75, 3.05) is 6.54 Å². The predicted octanol–water partition coefficient (Wildman–Crippen LogP) is 3.35. The number of allylic oxidation sites excluding steroid dienone is 1. The minimum atomic E-state index is -0.247. The van der Waals surface area contributed by atoms with Gasteiger partial charge in [-0.25, -0.2) is 4.79 Å². The van der Waals surface area contributed by atoms with E-state index in [-0.39, 0.29) is 12.2 Å². The molecule has 0 saturated carbocycles. The first-order chi connectivity index (χ1) is 8.10. The molecule has 0 spiro atoms. The molecule has 0 amide bonds. The molecule has 0 aromatic rings. The molecule has 17 heavy (non-hydrogen) atoms. The highest BCUT2D eigenvalue weighted by atomic mass is 16.6. The van der Waals surface area contributed by atoms with Crippen LogP contribution in [-0.2, 0) is 9.53 Å². The Balaban J connectivity index is 4.59. The monoisotopic (exact) mass is 241 g/mol. The molecule has 0 heterocycles. The Kier molecular flexibility index (Phi) is 8.78. The summed E-state index contributed by atoms with van der Waals surface area (Å²) >= 11 is 0. The van der Waals surface area contributed by atoms with Crippen molar-refractivity contribution >= 4 is 5.97 Å². The van der Waals surface area contributed by atoms with Gasteiger partial charge in [0.1, 0.15) is 0 Å². The summed E-state index contributed by atoms with van der Waals surface area (Å²) in [6.45, 7) is 11.3. The van der Waals surface area contributed by atoms with Crippen molar-refractivity contribution in [2.45, 2.75) is 66.2 Å². The fraction of sp³-hybridized carbons (Fsp3) is 0.786. The summed E-state index contributed by atoms with van der Waals surface area (Å²) in [4.78, 5) is 13.8. The van der Waals surface area contributed by atoms with Gasteiger partial charge in [0.15, 0.2) is 6.23 Å². The van der Waals surface area contributed by atoms with Gasteiger partial charge < -0.3 is 4.74 Å². The molecule has 0 radical (unpaired) electrons. The maximum Gasteiger partial charge on any atom is 0.331 e. The van der Waals surface area contributed by atoms with Crippen LogP contribution in [0.5, 0.6) is 0 Å². The highest BCUT2D eigenvalue weighted by Gasteiger charge is 2.22. The van der Waals surface area contributed by atoms with Crippen molar-refractivity contribution in [3.05, 3.63) is 12.2 Å². The Morgan fingerprint density at radius 3 is 2.35 bits per heavy atom. The molecular formula is C14H27NO2. The zero-order valence-electron chi connectivity index (χ0n) is 11.9. The Bertz CT molecular complexity index is 238. The summed E-state index contributed by atoms with van der Waals surface area (Å²) in [7, 11) is 0. The minimum absolute atomic E-state index is 0.103. The van der Waals surface area contributed by atoms with Crippen molar-refractivity contribution in [3.8, 4) is 0 Å². The molecule has 3 heteroatoms. The van der Waals surface area contributed by atoms with Crippen LogP contribution in [0.1, 0.15) is 53.9 Å². The molecule has 0 aromatic heterocycles. The molecule has 0 aliphatic heterocycles. The topological polar surface area (TPSA) is 29.5 Å². The largest absolute Gasteiger partial charge is 0.443 e. The van der Waals surface area contributed by atoms with Gasteiger partial charge in [0, 0.05) is 18.7 Å². The third-order valence-electron chi connectivity index (χ3n) is 2.91. The highest BCUT2D eigenvalue weighted by molar-refractivity contribution is 5.81. The lowest BCUT2D eigenvalue weighted by atomic mass is 10.2. The number of rotatable bonds is 8. The van der Waals surface area contributed by atoms with E-state index in [9.17, 15) is 4.79 Å². The summed E-state index contributed by atoms with van der Waals surface area (Å²) in [5, 5.41) is 0. The summed E-state index contributed by atoms with van der Waals surface area (Å²) in [5.74, 6) is -0.247. The molecule has 2 unspecified atom stereocenters. The van der Waals surface area contributed by atoms with Crippen LogP contribution >= 0.6 is 0 Å². The van der Waals surface area contributed by atoms with Crippen molar-refractivity contribution in [1.82, 2.24) is 4.90 Å². The van der Waals surface area contributed by atoms with Crippen LogP contribution in [0.2, 0.25) is 0 Å². The number of nitrogens with zero attached hydrogens (tertiary/aromatic N) is 1. The quantitative estimate of drug-likeness (QED) is 0.371. The SMILES string of the molecule is C/C=C/C(=O)OC(CC)N(CCC)C(C)CC. The summed E-state index contributed by atoms with van der Waals surface area (Å²) < 4.78 is 5.48. The van der Waals surface area contributed by atoms with Gasteiger partial charge in [0.2, 0.25) is 0 Å². The van der Waals surface area contributed by atoms with Crippen LogP contribution in [0.4, 0.5) is 0 Å². The van der Waals surface area contributed by atoms with Crippen LogP contribution in [0, 0.1) is 0 Å². The van der Waals surface area contributed by atoms with Gasteiger partial charge >= 0.3 is 5.97 Å². The number of carbonyl (C=O) groups excluding carboxylic acids is 1. The molecule has 0 bridgehead atoms. The average Bonchev–Trinajstić information content (AvgIpc) is 2.33. The zero-order valence-corrected chi connectivity index (χ0v) is 11.9. The highest BCUT2D eigenvalue weighted by Crippen LogP contribution is 2.14. The summed E-state index contributed by atoms with van der Waals surface area (Å²) in [5.41, 5.74) is 0. The van der Waals surface area contributed by atoms with Crippen LogP contribution in [-0.4, -0.2) is 29.7 Å². The van der Waals surface area contributed by atoms with Gasteiger partial charge in [-0.3, -0.25) is 4.90 Å². The normalized spacial score (nSPS) is 15.2. The van der Waals surface area contributed by atoms with Gasteiger partial charge in [-0.1, -0.05) is 26.8 Å². The molecule has 0 fully saturated rings. The smallest absolute Gasteiger partial charge is 0.331 e. The first-order valence-electron chi connectivity index (χ1n) is 6.69. The molecular weight excluding hydrogens is 214 g/mol. The molecule has 0 aromatic carbocycles. The second-order valence-electron chi connectivity index (χ2n) is 4.29. The van der Waals surface area contributed by atoms with Crippen LogP contribution in [0.3, 0.4) is 0 Å². The van der Waals surface area contributed by atoms with E-state index in [0.29, 0.717) is 6.04 Å². The van der Waals surface area contributed by atoms with Crippen molar-refractivity contribution in [2.24, 2.45) is 0 Å². The molecule has 0 aliphatic carbocycles. The van der Waals surface area contributed by atoms with E-state index < -0.39 is 0 Å². The van der Waals surface area contributed by atoms with Crippen molar-refractivity contribution in [1.29, 1.82) is 0 Å². The van der Waals surface area contributed by atoms with Crippen LogP contribution < -0.4 is 0 Å². The second kappa shape index (κ2) is 9.23. The molecule has 0 N–H and O–H groups in total. The van der Waals surface area contributed by atoms with Crippen LogP contribution in [0.15, 0.2) is 12.2 Å². The van der Waals surface area contributed by atoms with E-state index >= 15 is 0 Å². The fourth-order valence-corrected chi connectivity index (χ4v) is 1.84. The number of hydrogen-bond donors (Lipinski definition) is 0. The van der Waals surface area contributed by atoms with E-state index in [1.807, 2.05) is 6.92 Å². The maximum absolute atomic E-state index is 11.5. The lowest BCUT2D eigenvalue weighted by Crippen LogP contribution is -2.44. The Morgan fingerprint density at radius 2 is 1.94 bits per heavy atom. The molecule has 3 nitrogen and oxygen atoms in total. The summed E-state index contributed by atoms with van der Waals surface area (Å²) in [6.07, 6.45) is 6.05. The van der Waals surface area contributed by atoms with Gasteiger partial charge in [0.25, 0.3) is 0 Å². The average molecular weight is 241 g/mol. The van der Waals surface area contributed by atoms with Crippen molar-refractivity contribution in [3.63, 3.8) is 0 Å². The van der Waals surface area contributed by atoms with Gasteiger partial charge in [-0.05, 0) is 33.1 Å². The van der Waals surface area contributed by atoms with E-state index in [0.717, 1.165) is 25.8 Å². The number of hydrogen-bond acceptors (Lipinski definition) is 3. The first kappa shape index (κ1) is 16.2. The lowest BCUT2D eigenvalue weighted by Gasteiger charge is -2.34. The molecule has 0 aliphatic rings. The fourth-order valence-electron chi connectivity index (χ4n) is 1.84. The molecule has 100 valence electrons. The van der Waals surface area contributed by atoms with Gasteiger partial charge in [0.05, 0.1) is 0 Å². The van der Waals surface area contributed by atoms with E-state index in [4.69, 9.17) is 4.74 Å². The number of ether oxygens (including phenoxy) is 1. The van der Waals surface area contributed by atoms with E-state index in [1.54, 1.807) is 6.08 Å². The lowest BCUT2D eigenvalue weighted by molar-refractivity contribution is -0.156. The van der Waals surface area contributed by atoms with E-state index in [2.05, 4.69) is 32.6 Å². The molecule has 0 rings (SSSR count). The summed E-state index contributed by atoms with van der Waals surface area (Å²) in [6, 6.07) is 0.443. The Labute approximate surface area is 106 Å². The zero-order chi connectivity index (χ0) is 13.3. The van der Waals surface area contributed by atoms with Gasteiger partial charge in [-0.15, -0.1) is 0 Å². The predicted molar refractivity (Wildman–Crippen MR) is 71.7 cm³/mol. The van der Waals surface area contributed by atoms with E-state index in [1.165, 1.54) is 6.08 Å². The third-order valence-corrected chi connectivity index (χ3v) is 2.91. The van der Waals surface area contributed by atoms with Crippen LogP contribution in [0.25, 0.3) is 0 Å². The molecule has 0 saturated heterocycles. The minimum Gasteiger partial charge on any atom is -0.443 e. The number of carbonyl (C=O) groups is 1. The molecule has 2 atom stereocenters. The first-order valence-corrected chi connectivity index (χ1v) is 6.69. The Morgan fingerprint density at radius 1 is 1.29 bits per heavy atom. The second-order valence-corrected chi connectivity index (χ2v) is 4.29. The Hall–Kier alpha value is -0.830. The number of esters is 1. The third kappa shape index (κ3) is 5.87. The van der Waals surface area contributed by atoms with Gasteiger partial charge in [-0.2, -0.15) is 0 Å². The maximum atomic E-state index is 11.5. The standard InChI is InChI=1S/C14H27NO2/c1-6-10-14(16)17-13(9-4)15(11-7-2)12(5)8-3/h6,10,12-13H,7-9,11H2,1-5H3/b10-6+.